The lowest BCUT2D eigenvalue weighted by molar-refractivity contribution is -0.141. The molecule has 0 spiro atoms. The van der Waals surface area contributed by atoms with Crippen molar-refractivity contribution in [1.29, 1.82) is 0 Å². The minimum absolute atomic E-state index is 0.0244. The Morgan fingerprint density at radius 3 is 2.40 bits per heavy atom. The van der Waals surface area contributed by atoms with Crippen molar-refractivity contribution in [2.24, 2.45) is 11.5 Å². The molecule has 13 nitrogen and oxygen atoms in total. The fourth-order valence-corrected chi connectivity index (χ4v) is 1.81. The minimum atomic E-state index is -1.55. The summed E-state index contributed by atoms with van der Waals surface area (Å²) in [5.74, 6) is -1.61. The first-order valence-electron chi connectivity index (χ1n) is 7.27. The fraction of sp³-hybridized carbons (Fsp3) is 0.667. The maximum atomic E-state index is 12.0. The molecule has 0 aromatic carbocycles. The van der Waals surface area contributed by atoms with Crippen LogP contribution in [0.3, 0.4) is 0 Å². The van der Waals surface area contributed by atoms with Gasteiger partial charge in [0.1, 0.15) is 12.3 Å². The third-order valence-electron chi connectivity index (χ3n) is 3.10. The summed E-state index contributed by atoms with van der Waals surface area (Å²) < 4.78 is 4.92. The molecule has 0 saturated heterocycles. The van der Waals surface area contributed by atoms with E-state index in [4.69, 9.17) is 26.2 Å². The van der Waals surface area contributed by atoms with Gasteiger partial charge in [0.15, 0.2) is 11.9 Å². The lowest BCUT2D eigenvalue weighted by atomic mass is 10.1. The van der Waals surface area contributed by atoms with E-state index in [9.17, 15) is 19.8 Å². The number of urea groups is 1. The predicted octanol–water partition coefficient (Wildman–Crippen LogP) is -3.10. The van der Waals surface area contributed by atoms with Gasteiger partial charge in [-0.05, 0) is 6.92 Å². The van der Waals surface area contributed by atoms with E-state index in [-0.39, 0.29) is 18.1 Å². The van der Waals surface area contributed by atoms with E-state index >= 15 is 0 Å². The number of rotatable bonds is 9. The van der Waals surface area contributed by atoms with Gasteiger partial charge < -0.3 is 47.1 Å². The fourth-order valence-electron chi connectivity index (χ4n) is 1.81. The molecule has 2 unspecified atom stereocenters. The molecule has 0 aliphatic carbocycles. The number of amides is 2. The van der Waals surface area contributed by atoms with Gasteiger partial charge in [0.2, 0.25) is 5.89 Å². The van der Waals surface area contributed by atoms with Crippen molar-refractivity contribution in [2.45, 2.75) is 43.8 Å². The molecule has 0 aliphatic rings. The Bertz CT molecular complexity index is 578. The van der Waals surface area contributed by atoms with E-state index in [1.165, 1.54) is 6.92 Å². The number of aliphatic carboxylic acids is 1. The number of nitrogens with two attached hydrogens (primary N) is 2. The Morgan fingerprint density at radius 2 is 1.92 bits per heavy atom. The summed E-state index contributed by atoms with van der Waals surface area (Å²) in [4.78, 5) is 26.8. The Labute approximate surface area is 142 Å². The Morgan fingerprint density at radius 1 is 1.28 bits per heavy atom. The highest BCUT2D eigenvalue weighted by atomic mass is 16.5. The highest BCUT2D eigenvalue weighted by molar-refractivity contribution is 5.83. The van der Waals surface area contributed by atoms with Crippen molar-refractivity contribution in [3.63, 3.8) is 0 Å². The number of aliphatic hydroxyl groups excluding tert-OH is 3. The Kier molecular flexibility index (Phi) is 7.66. The van der Waals surface area contributed by atoms with Gasteiger partial charge in [0.05, 0.1) is 18.8 Å². The molecule has 1 aromatic rings. The smallest absolute Gasteiger partial charge is 0.328 e. The van der Waals surface area contributed by atoms with Crippen LogP contribution in [-0.4, -0.2) is 67.5 Å². The lowest BCUT2D eigenvalue weighted by Gasteiger charge is -2.21. The molecule has 1 rings (SSSR count). The van der Waals surface area contributed by atoms with Crippen molar-refractivity contribution in [3.8, 4) is 0 Å². The number of nitrogens with one attached hydrogen (secondary N) is 2. The zero-order valence-electron chi connectivity index (χ0n) is 13.4. The second kappa shape index (κ2) is 9.24. The summed E-state index contributed by atoms with van der Waals surface area (Å²) in [5, 5.41) is 44.5. The van der Waals surface area contributed by atoms with E-state index in [2.05, 4.69) is 20.8 Å². The molecule has 0 aliphatic heterocycles. The van der Waals surface area contributed by atoms with Crippen molar-refractivity contribution >= 4 is 12.0 Å². The third-order valence-corrected chi connectivity index (χ3v) is 3.10. The number of carboxylic acids is 1. The molecule has 0 saturated carbocycles. The molecule has 0 radical (unpaired) electrons. The second-order valence-electron chi connectivity index (χ2n) is 5.31. The monoisotopic (exact) mass is 362 g/mol. The lowest BCUT2D eigenvalue weighted by Crippen LogP contribution is -2.52. The van der Waals surface area contributed by atoms with Crippen molar-refractivity contribution in [1.82, 2.24) is 20.8 Å². The summed E-state index contributed by atoms with van der Waals surface area (Å²) >= 11 is 0. The zero-order valence-corrected chi connectivity index (χ0v) is 13.4. The number of carbonyl (C=O) groups is 2. The van der Waals surface area contributed by atoms with Crippen LogP contribution in [0.1, 0.15) is 37.1 Å². The molecule has 25 heavy (non-hydrogen) atoms. The van der Waals surface area contributed by atoms with Crippen LogP contribution in [0.4, 0.5) is 4.79 Å². The van der Waals surface area contributed by atoms with Crippen LogP contribution in [0.5, 0.6) is 0 Å². The highest BCUT2D eigenvalue weighted by Gasteiger charge is 2.28. The highest BCUT2D eigenvalue weighted by Crippen LogP contribution is 2.17. The van der Waals surface area contributed by atoms with E-state index in [1.54, 1.807) is 0 Å². The average Bonchev–Trinajstić information content (AvgIpc) is 3.00. The number of nitrogens with zero attached hydrogens (tertiary/aromatic N) is 2. The molecule has 142 valence electrons. The molecule has 2 amide bonds. The maximum Gasteiger partial charge on any atom is 0.328 e. The molecular formula is C12H22N6O7. The van der Waals surface area contributed by atoms with Crippen LogP contribution >= 0.6 is 0 Å². The van der Waals surface area contributed by atoms with E-state index in [0.717, 1.165) is 0 Å². The minimum Gasteiger partial charge on any atom is -0.480 e. The van der Waals surface area contributed by atoms with Gasteiger partial charge in [-0.2, -0.15) is 4.98 Å². The SMILES string of the molecule is CC(O)[C@@H](NC(=O)N[C@@H](CC(N)O)c1nc([C@H](N)CO)no1)C(=O)O. The summed E-state index contributed by atoms with van der Waals surface area (Å²) in [7, 11) is 0. The number of carboxylic acid groups (broad SMARTS) is 1. The number of aromatic nitrogens is 2. The van der Waals surface area contributed by atoms with E-state index in [1.807, 2.05) is 0 Å². The van der Waals surface area contributed by atoms with Gasteiger partial charge in [-0.25, -0.2) is 9.59 Å². The van der Waals surface area contributed by atoms with E-state index < -0.39 is 49.1 Å². The van der Waals surface area contributed by atoms with Gasteiger partial charge in [-0.1, -0.05) is 5.16 Å². The van der Waals surface area contributed by atoms with Crippen molar-refractivity contribution in [3.05, 3.63) is 11.7 Å². The summed E-state index contributed by atoms with van der Waals surface area (Å²) in [6, 6.07) is -4.48. The molecule has 5 atom stereocenters. The molecule has 1 aromatic heterocycles. The molecule has 10 N–H and O–H groups in total. The number of hydrogen-bond acceptors (Lipinski definition) is 10. The van der Waals surface area contributed by atoms with Crippen LogP contribution < -0.4 is 22.1 Å². The number of hydrogen-bond donors (Lipinski definition) is 8. The first kappa shape index (κ1) is 20.7. The quantitative estimate of drug-likeness (QED) is 0.205. The zero-order chi connectivity index (χ0) is 19.1. The van der Waals surface area contributed by atoms with Crippen molar-refractivity contribution < 1.29 is 34.5 Å². The summed E-state index contributed by atoms with van der Waals surface area (Å²) in [5.41, 5.74) is 10.8. The first-order chi connectivity index (χ1) is 11.6. The van der Waals surface area contributed by atoms with Gasteiger partial charge in [0, 0.05) is 6.42 Å². The third kappa shape index (κ3) is 6.24. The van der Waals surface area contributed by atoms with Crippen LogP contribution in [-0.2, 0) is 4.79 Å². The number of aliphatic hydroxyl groups is 3. The molecule has 13 heteroatoms. The standard InChI is InChI=1S/C12H22N6O7/c1-4(20)8(11(22)23)16-12(24)15-6(2-7(14)21)10-17-9(18-25-10)5(13)3-19/h4-8,19-21H,2-3,13-14H2,1H3,(H,22,23)(H2,15,16,24)/t4?,5-,6+,7?,8-/m1/s1. The van der Waals surface area contributed by atoms with Gasteiger partial charge >= 0.3 is 12.0 Å². The van der Waals surface area contributed by atoms with Gasteiger partial charge in [-0.3, -0.25) is 0 Å². The molecular weight excluding hydrogens is 340 g/mol. The van der Waals surface area contributed by atoms with Gasteiger partial charge in [0.25, 0.3) is 0 Å². The average molecular weight is 362 g/mol. The van der Waals surface area contributed by atoms with Gasteiger partial charge in [-0.15, -0.1) is 0 Å². The normalized spacial score (nSPS) is 17.2. The van der Waals surface area contributed by atoms with Crippen molar-refractivity contribution in [2.75, 3.05) is 6.61 Å². The number of carbonyl (C=O) groups excluding carboxylic acids is 1. The largest absolute Gasteiger partial charge is 0.480 e. The molecule has 0 fully saturated rings. The predicted molar refractivity (Wildman–Crippen MR) is 80.6 cm³/mol. The molecule has 1 heterocycles. The summed E-state index contributed by atoms with van der Waals surface area (Å²) in [6.07, 6.45) is -2.92. The van der Waals surface area contributed by atoms with Crippen LogP contribution in [0, 0.1) is 0 Å². The Balaban J connectivity index is 2.87. The second-order valence-corrected chi connectivity index (χ2v) is 5.31. The molecule has 0 bridgehead atoms. The van der Waals surface area contributed by atoms with Crippen LogP contribution in [0.15, 0.2) is 4.52 Å². The maximum absolute atomic E-state index is 12.0. The van der Waals surface area contributed by atoms with Crippen LogP contribution in [0.2, 0.25) is 0 Å². The summed E-state index contributed by atoms with van der Waals surface area (Å²) in [6.45, 7) is 0.756. The van der Waals surface area contributed by atoms with Crippen LogP contribution in [0.25, 0.3) is 0 Å². The Hall–Kier alpha value is -2.32. The van der Waals surface area contributed by atoms with E-state index in [0.29, 0.717) is 0 Å². The topological polar surface area (TPSA) is 230 Å². The first-order valence-corrected chi connectivity index (χ1v) is 7.27.